The summed E-state index contributed by atoms with van der Waals surface area (Å²) in [5, 5.41) is 17.8. The lowest BCUT2D eigenvalue weighted by Gasteiger charge is -2.07. The van der Waals surface area contributed by atoms with Crippen molar-refractivity contribution in [1.82, 2.24) is 4.98 Å². The van der Waals surface area contributed by atoms with E-state index in [0.29, 0.717) is 17.9 Å². The Hall–Kier alpha value is -2.15. The molecule has 1 aromatic heterocycles. The number of thiazole rings is 1. The highest BCUT2D eigenvalue weighted by Crippen LogP contribution is 2.24. The van der Waals surface area contributed by atoms with E-state index in [4.69, 9.17) is 0 Å². The molecule has 0 amide bonds. The summed E-state index contributed by atoms with van der Waals surface area (Å²) in [5.74, 6) is 0. The molecule has 6 nitrogen and oxygen atoms in total. The summed E-state index contributed by atoms with van der Waals surface area (Å²) in [6.07, 6.45) is 1.81. The van der Waals surface area contributed by atoms with Crippen molar-refractivity contribution in [3.8, 4) is 0 Å². The van der Waals surface area contributed by atoms with Gasteiger partial charge < -0.3 is 10.6 Å². The summed E-state index contributed by atoms with van der Waals surface area (Å²) in [5.41, 5.74) is 1.46. The van der Waals surface area contributed by atoms with Crippen molar-refractivity contribution in [2.45, 2.75) is 13.5 Å². The number of benzene rings is 1. The second-order valence-corrected chi connectivity index (χ2v) is 5.31. The second-order valence-electron chi connectivity index (χ2n) is 3.99. The normalized spacial score (nSPS) is 10.2. The van der Waals surface area contributed by atoms with Crippen LogP contribution in [-0.2, 0) is 6.54 Å². The molecule has 0 saturated carbocycles. The molecular weight excluding hydrogens is 264 g/mol. The third-order valence-corrected chi connectivity index (χ3v) is 3.44. The number of anilines is 2. The van der Waals surface area contributed by atoms with Crippen molar-refractivity contribution < 1.29 is 4.92 Å². The van der Waals surface area contributed by atoms with Crippen LogP contribution in [0.4, 0.5) is 17.1 Å². The van der Waals surface area contributed by atoms with E-state index in [1.807, 2.05) is 19.2 Å². The van der Waals surface area contributed by atoms with E-state index >= 15 is 0 Å². The molecule has 0 aliphatic rings. The molecule has 0 fully saturated rings. The Morgan fingerprint density at radius 1 is 1.37 bits per heavy atom. The van der Waals surface area contributed by atoms with Crippen molar-refractivity contribution in [2.75, 3.05) is 17.7 Å². The van der Waals surface area contributed by atoms with Crippen LogP contribution in [0.5, 0.6) is 0 Å². The SMILES string of the molecule is CNc1cc(NCc2ncc(C)s2)cc([N+](=O)[O-])c1. The number of aryl methyl sites for hydroxylation is 1. The monoisotopic (exact) mass is 278 g/mol. The van der Waals surface area contributed by atoms with E-state index in [0.717, 1.165) is 9.88 Å². The van der Waals surface area contributed by atoms with Gasteiger partial charge in [-0.15, -0.1) is 11.3 Å². The third kappa shape index (κ3) is 3.41. The van der Waals surface area contributed by atoms with Gasteiger partial charge in [0, 0.05) is 41.6 Å². The molecule has 19 heavy (non-hydrogen) atoms. The molecule has 1 heterocycles. The Morgan fingerprint density at radius 2 is 2.11 bits per heavy atom. The van der Waals surface area contributed by atoms with Gasteiger partial charge in [0.2, 0.25) is 0 Å². The number of nitro benzene ring substituents is 1. The van der Waals surface area contributed by atoms with Gasteiger partial charge in [-0.25, -0.2) is 4.98 Å². The number of hydrogen-bond donors (Lipinski definition) is 2. The quantitative estimate of drug-likeness (QED) is 0.649. The lowest BCUT2D eigenvalue weighted by molar-refractivity contribution is -0.384. The number of hydrogen-bond acceptors (Lipinski definition) is 6. The zero-order chi connectivity index (χ0) is 13.8. The van der Waals surface area contributed by atoms with Crippen LogP contribution in [0.3, 0.4) is 0 Å². The molecule has 0 saturated heterocycles. The zero-order valence-corrected chi connectivity index (χ0v) is 11.5. The maximum atomic E-state index is 10.8. The Bertz CT molecular complexity index is 597. The molecular formula is C12H14N4O2S. The van der Waals surface area contributed by atoms with E-state index < -0.39 is 4.92 Å². The molecule has 0 spiro atoms. The highest BCUT2D eigenvalue weighted by molar-refractivity contribution is 7.11. The summed E-state index contributed by atoms with van der Waals surface area (Å²) in [7, 11) is 1.73. The zero-order valence-electron chi connectivity index (χ0n) is 10.6. The first-order valence-electron chi connectivity index (χ1n) is 5.71. The summed E-state index contributed by atoms with van der Waals surface area (Å²) in [6, 6.07) is 4.84. The number of aromatic nitrogens is 1. The Morgan fingerprint density at radius 3 is 2.68 bits per heavy atom. The Kier molecular flexibility index (Phi) is 3.96. The number of nitro groups is 1. The Labute approximate surface area is 114 Å². The molecule has 2 rings (SSSR count). The van der Waals surface area contributed by atoms with E-state index in [1.165, 1.54) is 12.1 Å². The third-order valence-electron chi connectivity index (χ3n) is 2.53. The summed E-state index contributed by atoms with van der Waals surface area (Å²) < 4.78 is 0. The van der Waals surface area contributed by atoms with Crippen molar-refractivity contribution in [1.29, 1.82) is 0 Å². The largest absolute Gasteiger partial charge is 0.388 e. The first kappa shape index (κ1) is 13.3. The predicted octanol–water partition coefficient (Wildman–Crippen LogP) is 3.01. The number of non-ortho nitro benzene ring substituents is 1. The van der Waals surface area contributed by atoms with Gasteiger partial charge >= 0.3 is 0 Å². The van der Waals surface area contributed by atoms with Gasteiger partial charge in [0.15, 0.2) is 0 Å². The van der Waals surface area contributed by atoms with Crippen LogP contribution in [0.2, 0.25) is 0 Å². The van der Waals surface area contributed by atoms with Gasteiger partial charge in [-0.05, 0) is 13.0 Å². The standard InChI is InChI=1S/C12H14N4O2S/c1-8-6-15-12(19-8)7-14-10-3-9(13-2)4-11(5-10)16(17)18/h3-6,13-14H,7H2,1-2H3. The van der Waals surface area contributed by atoms with E-state index in [9.17, 15) is 10.1 Å². The highest BCUT2D eigenvalue weighted by atomic mass is 32.1. The smallest absolute Gasteiger partial charge is 0.273 e. The molecule has 2 N–H and O–H groups in total. The van der Waals surface area contributed by atoms with Crippen LogP contribution >= 0.6 is 11.3 Å². The van der Waals surface area contributed by atoms with Crippen LogP contribution < -0.4 is 10.6 Å². The second kappa shape index (κ2) is 5.66. The minimum Gasteiger partial charge on any atom is -0.388 e. The van der Waals surface area contributed by atoms with Gasteiger partial charge in [0.1, 0.15) is 5.01 Å². The average molecular weight is 278 g/mol. The van der Waals surface area contributed by atoms with E-state index in [2.05, 4.69) is 15.6 Å². The topological polar surface area (TPSA) is 80.1 Å². The average Bonchev–Trinajstić information content (AvgIpc) is 2.81. The van der Waals surface area contributed by atoms with Gasteiger partial charge in [-0.3, -0.25) is 10.1 Å². The maximum Gasteiger partial charge on any atom is 0.273 e. The lowest BCUT2D eigenvalue weighted by atomic mass is 10.2. The molecule has 100 valence electrons. The molecule has 0 bridgehead atoms. The fourth-order valence-electron chi connectivity index (χ4n) is 1.62. The molecule has 7 heteroatoms. The van der Waals surface area contributed by atoms with E-state index in [1.54, 1.807) is 18.4 Å². The first-order valence-corrected chi connectivity index (χ1v) is 6.52. The van der Waals surface area contributed by atoms with Crippen LogP contribution in [0.15, 0.2) is 24.4 Å². The van der Waals surface area contributed by atoms with Crippen molar-refractivity contribution in [3.63, 3.8) is 0 Å². The van der Waals surface area contributed by atoms with Crippen molar-refractivity contribution in [3.05, 3.63) is 44.4 Å². The number of nitrogens with zero attached hydrogens (tertiary/aromatic N) is 2. The summed E-state index contributed by atoms with van der Waals surface area (Å²) in [4.78, 5) is 15.8. The molecule has 0 aliphatic heterocycles. The predicted molar refractivity (Wildman–Crippen MR) is 76.8 cm³/mol. The van der Waals surface area contributed by atoms with Gasteiger partial charge in [-0.1, -0.05) is 0 Å². The molecule has 2 aromatic rings. The van der Waals surface area contributed by atoms with Crippen molar-refractivity contribution >= 4 is 28.4 Å². The first-order chi connectivity index (χ1) is 9.08. The number of rotatable bonds is 5. The maximum absolute atomic E-state index is 10.8. The van der Waals surface area contributed by atoms with Gasteiger partial charge in [0.05, 0.1) is 11.5 Å². The minimum atomic E-state index is -0.403. The van der Waals surface area contributed by atoms with Gasteiger partial charge in [0.25, 0.3) is 5.69 Å². The Balaban J connectivity index is 2.15. The molecule has 0 atom stereocenters. The number of nitrogens with one attached hydrogen (secondary N) is 2. The molecule has 1 aromatic carbocycles. The summed E-state index contributed by atoms with van der Waals surface area (Å²) >= 11 is 1.60. The molecule has 0 radical (unpaired) electrons. The van der Waals surface area contributed by atoms with Crippen LogP contribution in [0.25, 0.3) is 0 Å². The molecule has 0 aliphatic carbocycles. The lowest BCUT2D eigenvalue weighted by Crippen LogP contribution is -2.01. The van der Waals surface area contributed by atoms with Crippen molar-refractivity contribution in [2.24, 2.45) is 0 Å². The fraction of sp³-hybridized carbons (Fsp3) is 0.250. The highest BCUT2D eigenvalue weighted by Gasteiger charge is 2.09. The van der Waals surface area contributed by atoms with E-state index in [-0.39, 0.29) is 5.69 Å². The van der Waals surface area contributed by atoms with Crippen LogP contribution in [0.1, 0.15) is 9.88 Å². The van der Waals surface area contributed by atoms with Crippen LogP contribution in [-0.4, -0.2) is 17.0 Å². The van der Waals surface area contributed by atoms with Crippen LogP contribution in [0, 0.1) is 17.0 Å². The minimum absolute atomic E-state index is 0.0599. The molecule has 0 unspecified atom stereocenters. The summed E-state index contributed by atoms with van der Waals surface area (Å²) in [6.45, 7) is 2.55. The van der Waals surface area contributed by atoms with Gasteiger partial charge in [-0.2, -0.15) is 0 Å². The fourth-order valence-corrected chi connectivity index (χ4v) is 2.35.